The first-order valence-electron chi connectivity index (χ1n) is 7.71. The van der Waals surface area contributed by atoms with Crippen LogP contribution in [0.5, 0.6) is 0 Å². The van der Waals surface area contributed by atoms with E-state index in [1.165, 1.54) is 17.7 Å². The summed E-state index contributed by atoms with van der Waals surface area (Å²) in [6.45, 7) is 2.58. The second-order valence-corrected chi connectivity index (χ2v) is 5.73. The Balaban J connectivity index is 1.77. The van der Waals surface area contributed by atoms with Gasteiger partial charge in [-0.1, -0.05) is 31.2 Å². The van der Waals surface area contributed by atoms with Gasteiger partial charge in [0, 0.05) is 12.6 Å². The Hall–Kier alpha value is -2.63. The Morgan fingerprint density at radius 3 is 2.39 bits per heavy atom. The van der Waals surface area contributed by atoms with Crippen LogP contribution in [0.4, 0.5) is 5.88 Å². The average Bonchev–Trinajstić information content (AvgIpc) is 3.27. The van der Waals surface area contributed by atoms with E-state index in [2.05, 4.69) is 19.1 Å². The zero-order chi connectivity index (χ0) is 16.4. The molecule has 1 aromatic heterocycles. The molecule has 0 unspecified atom stereocenters. The van der Waals surface area contributed by atoms with E-state index in [0.29, 0.717) is 6.54 Å². The molecule has 120 valence electrons. The quantitative estimate of drug-likeness (QED) is 0.603. The highest BCUT2D eigenvalue weighted by molar-refractivity contribution is 5.92. The van der Waals surface area contributed by atoms with E-state index < -0.39 is 10.8 Å². The van der Waals surface area contributed by atoms with Gasteiger partial charge < -0.3 is 9.32 Å². The van der Waals surface area contributed by atoms with Crippen molar-refractivity contribution in [2.75, 3.05) is 0 Å². The maximum absolute atomic E-state index is 12.6. The van der Waals surface area contributed by atoms with Crippen LogP contribution < -0.4 is 0 Å². The van der Waals surface area contributed by atoms with Crippen molar-refractivity contribution in [3.05, 3.63) is 63.4 Å². The lowest BCUT2D eigenvalue weighted by Crippen LogP contribution is -2.32. The third kappa shape index (κ3) is 3.41. The second kappa shape index (κ2) is 6.24. The molecule has 0 aliphatic heterocycles. The standard InChI is InChI=1S/C17H18N2O4/c1-2-12-3-5-13(6-4-12)11-18(14-7-8-14)17(20)15-9-10-16(23-15)19(21)22/h3-6,9-10,14H,2,7-8,11H2,1H3. The number of rotatable bonds is 6. The molecule has 0 spiro atoms. The summed E-state index contributed by atoms with van der Waals surface area (Å²) in [4.78, 5) is 24.4. The summed E-state index contributed by atoms with van der Waals surface area (Å²) in [7, 11) is 0. The molecule has 1 aliphatic carbocycles. The van der Waals surface area contributed by atoms with Crippen molar-refractivity contribution in [3.8, 4) is 0 Å². The first-order valence-corrected chi connectivity index (χ1v) is 7.71. The number of carbonyl (C=O) groups is 1. The van der Waals surface area contributed by atoms with Gasteiger partial charge in [-0.15, -0.1) is 0 Å². The number of hydrogen-bond acceptors (Lipinski definition) is 4. The zero-order valence-electron chi connectivity index (χ0n) is 12.9. The minimum Gasteiger partial charge on any atom is -0.395 e. The molecule has 1 amide bonds. The van der Waals surface area contributed by atoms with Crippen molar-refractivity contribution < 1.29 is 14.1 Å². The monoisotopic (exact) mass is 314 g/mol. The Bertz CT molecular complexity index is 716. The third-order valence-corrected chi connectivity index (χ3v) is 4.02. The van der Waals surface area contributed by atoms with E-state index in [9.17, 15) is 14.9 Å². The number of nitrogens with zero attached hydrogens (tertiary/aromatic N) is 2. The maximum Gasteiger partial charge on any atom is 0.433 e. The number of aryl methyl sites for hydroxylation is 1. The van der Waals surface area contributed by atoms with Crippen LogP contribution >= 0.6 is 0 Å². The first-order chi connectivity index (χ1) is 11.1. The molecule has 2 aromatic rings. The normalized spacial score (nSPS) is 13.8. The minimum absolute atomic E-state index is 0.0220. The van der Waals surface area contributed by atoms with Crippen LogP contribution in [0, 0.1) is 10.1 Å². The van der Waals surface area contributed by atoms with Crippen LogP contribution in [0.2, 0.25) is 0 Å². The summed E-state index contributed by atoms with van der Waals surface area (Å²) >= 11 is 0. The van der Waals surface area contributed by atoms with Crippen molar-refractivity contribution in [2.45, 2.75) is 38.8 Å². The fourth-order valence-electron chi connectivity index (χ4n) is 2.51. The molecule has 3 rings (SSSR count). The van der Waals surface area contributed by atoms with Gasteiger partial charge >= 0.3 is 5.88 Å². The van der Waals surface area contributed by atoms with Crippen molar-refractivity contribution in [2.24, 2.45) is 0 Å². The molecule has 6 nitrogen and oxygen atoms in total. The van der Waals surface area contributed by atoms with Crippen LogP contribution in [0.3, 0.4) is 0 Å². The maximum atomic E-state index is 12.6. The van der Waals surface area contributed by atoms with E-state index >= 15 is 0 Å². The van der Waals surface area contributed by atoms with Crippen molar-refractivity contribution >= 4 is 11.8 Å². The summed E-state index contributed by atoms with van der Waals surface area (Å²) in [5, 5.41) is 10.7. The van der Waals surface area contributed by atoms with Gasteiger partial charge in [-0.05, 0) is 36.5 Å². The predicted octanol–water partition coefficient (Wildman–Crippen LogP) is 3.56. The molecule has 6 heteroatoms. The summed E-state index contributed by atoms with van der Waals surface area (Å²) in [5.41, 5.74) is 2.29. The lowest BCUT2D eigenvalue weighted by molar-refractivity contribution is -0.402. The van der Waals surface area contributed by atoms with E-state index in [1.807, 2.05) is 12.1 Å². The highest BCUT2D eigenvalue weighted by atomic mass is 16.6. The number of furan rings is 1. The van der Waals surface area contributed by atoms with Gasteiger partial charge in [0.2, 0.25) is 0 Å². The van der Waals surface area contributed by atoms with E-state index in [0.717, 1.165) is 24.8 Å². The number of hydrogen-bond donors (Lipinski definition) is 0. The van der Waals surface area contributed by atoms with Gasteiger partial charge in [-0.25, -0.2) is 0 Å². The third-order valence-electron chi connectivity index (χ3n) is 4.02. The summed E-state index contributed by atoms with van der Waals surface area (Å²) in [5.74, 6) is -0.676. The van der Waals surface area contributed by atoms with Crippen LogP contribution in [-0.2, 0) is 13.0 Å². The highest BCUT2D eigenvalue weighted by Crippen LogP contribution is 2.30. The molecule has 0 N–H and O–H groups in total. The lowest BCUT2D eigenvalue weighted by Gasteiger charge is -2.21. The fourth-order valence-corrected chi connectivity index (χ4v) is 2.51. The molecule has 1 heterocycles. The summed E-state index contributed by atoms with van der Waals surface area (Å²) in [6.07, 6.45) is 2.89. The van der Waals surface area contributed by atoms with E-state index in [1.54, 1.807) is 4.90 Å². The molecular formula is C17H18N2O4. The van der Waals surface area contributed by atoms with Crippen molar-refractivity contribution in [3.63, 3.8) is 0 Å². The number of carbonyl (C=O) groups excluding carboxylic acids is 1. The van der Waals surface area contributed by atoms with Gasteiger partial charge in [0.15, 0.2) is 5.76 Å². The Labute approximate surface area is 133 Å². The minimum atomic E-state index is -0.637. The molecule has 1 fully saturated rings. The molecule has 1 saturated carbocycles. The smallest absolute Gasteiger partial charge is 0.395 e. The topological polar surface area (TPSA) is 76.6 Å². The molecule has 0 bridgehead atoms. The van der Waals surface area contributed by atoms with Gasteiger partial charge in [-0.2, -0.15) is 0 Å². The molecule has 0 atom stereocenters. The Morgan fingerprint density at radius 1 is 1.22 bits per heavy atom. The Morgan fingerprint density at radius 2 is 1.87 bits per heavy atom. The van der Waals surface area contributed by atoms with Gasteiger partial charge in [0.05, 0.1) is 6.07 Å². The van der Waals surface area contributed by atoms with Crippen LogP contribution in [0.1, 0.15) is 41.4 Å². The van der Waals surface area contributed by atoms with Crippen LogP contribution in [-0.4, -0.2) is 21.8 Å². The number of nitro groups is 1. The highest BCUT2D eigenvalue weighted by Gasteiger charge is 2.34. The van der Waals surface area contributed by atoms with Gasteiger partial charge in [0.25, 0.3) is 5.91 Å². The molecule has 0 radical (unpaired) electrons. The van der Waals surface area contributed by atoms with Crippen LogP contribution in [0.15, 0.2) is 40.8 Å². The van der Waals surface area contributed by atoms with Crippen molar-refractivity contribution in [1.82, 2.24) is 4.90 Å². The second-order valence-electron chi connectivity index (χ2n) is 5.73. The van der Waals surface area contributed by atoms with Crippen LogP contribution in [0.25, 0.3) is 0 Å². The molecule has 1 aliphatic rings. The van der Waals surface area contributed by atoms with E-state index in [4.69, 9.17) is 4.42 Å². The molecular weight excluding hydrogens is 296 g/mol. The number of benzene rings is 1. The number of amides is 1. The lowest BCUT2D eigenvalue weighted by atomic mass is 10.1. The molecule has 1 aromatic carbocycles. The Kier molecular flexibility index (Phi) is 4.14. The largest absolute Gasteiger partial charge is 0.433 e. The predicted molar refractivity (Wildman–Crippen MR) is 84.1 cm³/mol. The van der Waals surface area contributed by atoms with Crippen molar-refractivity contribution in [1.29, 1.82) is 0 Å². The van der Waals surface area contributed by atoms with Gasteiger partial charge in [-0.3, -0.25) is 14.9 Å². The SMILES string of the molecule is CCc1ccc(CN(C(=O)c2ccc([N+](=O)[O-])o2)C2CC2)cc1. The van der Waals surface area contributed by atoms with E-state index in [-0.39, 0.29) is 17.7 Å². The average molecular weight is 314 g/mol. The fraction of sp³-hybridized carbons (Fsp3) is 0.353. The summed E-state index contributed by atoms with van der Waals surface area (Å²) in [6, 6.07) is 10.9. The molecule has 23 heavy (non-hydrogen) atoms. The first kappa shape index (κ1) is 15.3. The molecule has 0 saturated heterocycles. The summed E-state index contributed by atoms with van der Waals surface area (Å²) < 4.78 is 5.05. The van der Waals surface area contributed by atoms with Gasteiger partial charge in [0.1, 0.15) is 4.92 Å². The zero-order valence-corrected chi connectivity index (χ0v) is 12.9.